The van der Waals surface area contributed by atoms with Gasteiger partial charge in [-0.1, -0.05) is 0 Å². The normalized spacial score (nSPS) is 6.61. The maximum Gasteiger partial charge on any atom is 0.673 e. The third kappa shape index (κ3) is 1660. The summed E-state index contributed by atoms with van der Waals surface area (Å²) < 4.78 is 78.0. The first-order valence-corrected chi connectivity index (χ1v) is 4.64. The summed E-state index contributed by atoms with van der Waals surface area (Å²) in [6.45, 7) is 5.72. The molecule has 23 heavy (non-hydrogen) atoms. The Labute approximate surface area is 139 Å². The van der Waals surface area contributed by atoms with E-state index in [0.29, 0.717) is 0 Å². The standard InChI is InChI=1S/4C2H3N.2BF4.Ni/c4*1-2-3;2*2-1(3,4)5;/h4*1H3;;;/q;;;;2*-1;. The number of nitrogens with zero attached hydrogens (tertiary/aromatic N) is 4. The molecule has 0 fully saturated rings. The number of halogens is 8. The molecule has 138 valence electrons. The smallest absolute Gasteiger partial charge is 0.418 e. The molecule has 4 nitrogen and oxygen atoms in total. The van der Waals surface area contributed by atoms with Crippen LogP contribution >= 0.6 is 0 Å². The predicted octanol–water partition coefficient (Wildman–Crippen LogP) is 4.72. The van der Waals surface area contributed by atoms with Crippen molar-refractivity contribution in [3.63, 3.8) is 0 Å². The van der Waals surface area contributed by atoms with Gasteiger partial charge in [0.05, 0.1) is 24.3 Å². The molecule has 0 amide bonds. The fourth-order valence-electron chi connectivity index (χ4n) is 0. The first-order valence-electron chi connectivity index (χ1n) is 4.64. The number of rotatable bonds is 0. The van der Waals surface area contributed by atoms with Crippen LogP contribution in [0.4, 0.5) is 34.5 Å². The van der Waals surface area contributed by atoms with Crippen molar-refractivity contribution in [2.75, 3.05) is 0 Å². The molecular weight excluding hydrogens is 384 g/mol. The van der Waals surface area contributed by atoms with Crippen LogP contribution in [0.2, 0.25) is 0 Å². The summed E-state index contributed by atoms with van der Waals surface area (Å²) in [6, 6.07) is 7.00. The van der Waals surface area contributed by atoms with Crippen molar-refractivity contribution >= 4 is 14.5 Å². The van der Waals surface area contributed by atoms with Crippen molar-refractivity contribution in [2.24, 2.45) is 0 Å². The van der Waals surface area contributed by atoms with E-state index in [1.165, 1.54) is 27.7 Å². The van der Waals surface area contributed by atoms with Gasteiger partial charge in [-0.2, -0.15) is 21.0 Å². The molecule has 0 unspecified atom stereocenters. The minimum atomic E-state index is -6.00. The molecule has 0 aliphatic rings. The molecule has 0 aliphatic heterocycles. The zero-order valence-electron chi connectivity index (χ0n) is 12.3. The average Bonchev–Trinajstić information content (AvgIpc) is 2.15. The van der Waals surface area contributed by atoms with Crippen LogP contribution in [0.1, 0.15) is 27.7 Å². The molecule has 0 bridgehead atoms. The summed E-state index contributed by atoms with van der Waals surface area (Å²) in [4.78, 5) is 0. The largest absolute Gasteiger partial charge is 0.673 e. The van der Waals surface area contributed by atoms with Gasteiger partial charge in [0, 0.05) is 44.2 Å². The fraction of sp³-hybridized carbons (Fsp3) is 0.500. The second-order valence-corrected chi connectivity index (χ2v) is 1.88. The van der Waals surface area contributed by atoms with Crippen LogP contribution < -0.4 is 0 Å². The molecule has 0 aliphatic carbocycles. The molecule has 0 aromatic rings. The molecule has 0 aromatic heterocycles. The molecule has 0 atom stereocenters. The zero-order valence-corrected chi connectivity index (χ0v) is 13.3. The topological polar surface area (TPSA) is 95.2 Å². The number of nitriles is 4. The van der Waals surface area contributed by atoms with Crippen LogP contribution in [-0.4, -0.2) is 14.5 Å². The first kappa shape index (κ1) is 42.9. The summed E-state index contributed by atoms with van der Waals surface area (Å²) in [6.07, 6.45) is 0. The molecule has 0 rings (SSSR count). The van der Waals surface area contributed by atoms with Crippen molar-refractivity contribution in [1.82, 2.24) is 0 Å². The number of hydrogen-bond donors (Lipinski definition) is 0. The maximum absolute atomic E-state index is 9.75. The van der Waals surface area contributed by atoms with E-state index in [2.05, 4.69) is 0 Å². The van der Waals surface area contributed by atoms with E-state index >= 15 is 0 Å². The second-order valence-electron chi connectivity index (χ2n) is 1.88. The van der Waals surface area contributed by atoms with Gasteiger partial charge in [0.1, 0.15) is 0 Å². The Kier molecular flexibility index (Phi) is 68.7. The van der Waals surface area contributed by atoms with Crippen molar-refractivity contribution in [1.29, 1.82) is 21.0 Å². The molecule has 15 heteroatoms. The van der Waals surface area contributed by atoms with Crippen LogP contribution in [0.5, 0.6) is 0 Å². The van der Waals surface area contributed by atoms with Crippen molar-refractivity contribution in [3.8, 4) is 24.3 Å². The molecule has 0 aromatic carbocycles. The molecule has 0 saturated heterocycles. The van der Waals surface area contributed by atoms with Gasteiger partial charge in [0.25, 0.3) is 0 Å². The molecular formula is C8H12B2F8N4Ni-2. The van der Waals surface area contributed by atoms with Crippen LogP contribution in [0.3, 0.4) is 0 Å². The van der Waals surface area contributed by atoms with E-state index in [9.17, 15) is 34.5 Å². The van der Waals surface area contributed by atoms with E-state index in [4.69, 9.17) is 21.0 Å². The summed E-state index contributed by atoms with van der Waals surface area (Å²) in [5, 5.41) is 29.3. The van der Waals surface area contributed by atoms with Gasteiger partial charge in [-0.15, -0.1) is 0 Å². The minimum absolute atomic E-state index is 0. The van der Waals surface area contributed by atoms with E-state index < -0.39 is 14.5 Å². The Morgan fingerprint density at radius 1 is 0.478 bits per heavy atom. The van der Waals surface area contributed by atoms with E-state index in [1.54, 1.807) is 24.3 Å². The zero-order chi connectivity index (χ0) is 19.8. The van der Waals surface area contributed by atoms with E-state index in [0.717, 1.165) is 0 Å². The summed E-state index contributed by atoms with van der Waals surface area (Å²) >= 11 is 0. The predicted molar refractivity (Wildman–Crippen MR) is 65.5 cm³/mol. The maximum atomic E-state index is 9.75. The van der Waals surface area contributed by atoms with Crippen LogP contribution in [0, 0.1) is 45.3 Å². The van der Waals surface area contributed by atoms with Gasteiger partial charge in [-0.25, -0.2) is 0 Å². The van der Waals surface area contributed by atoms with Crippen molar-refractivity contribution in [2.45, 2.75) is 27.7 Å². The van der Waals surface area contributed by atoms with Gasteiger partial charge < -0.3 is 34.5 Å². The van der Waals surface area contributed by atoms with Crippen LogP contribution in [-0.2, 0) is 16.5 Å². The molecule has 0 N–H and O–H groups in total. The molecule has 0 heterocycles. The van der Waals surface area contributed by atoms with E-state index in [1.807, 2.05) is 0 Å². The number of hydrogen-bond acceptors (Lipinski definition) is 4. The van der Waals surface area contributed by atoms with Crippen molar-refractivity contribution < 1.29 is 51.0 Å². The first-order chi connectivity index (χ1) is 9.66. The van der Waals surface area contributed by atoms with Gasteiger partial charge in [0.15, 0.2) is 0 Å². The third-order valence-electron chi connectivity index (χ3n) is 0. The molecule has 0 spiro atoms. The SMILES string of the molecule is CC#N.CC#N.CC#N.CC#N.F[B-](F)(F)F.F[B-](F)(F)F.[Ni]. The third-order valence-corrected chi connectivity index (χ3v) is 0. The van der Waals surface area contributed by atoms with Crippen molar-refractivity contribution in [3.05, 3.63) is 0 Å². The van der Waals surface area contributed by atoms with Gasteiger partial charge >= 0.3 is 14.5 Å². The molecule has 0 radical (unpaired) electrons. The summed E-state index contributed by atoms with van der Waals surface area (Å²) in [5.74, 6) is 0. The Hall–Kier alpha value is -1.98. The minimum Gasteiger partial charge on any atom is -0.418 e. The summed E-state index contributed by atoms with van der Waals surface area (Å²) in [7, 11) is -12.0. The van der Waals surface area contributed by atoms with Gasteiger partial charge in [-0.3, -0.25) is 0 Å². The Morgan fingerprint density at radius 3 is 0.478 bits per heavy atom. The summed E-state index contributed by atoms with van der Waals surface area (Å²) in [5.41, 5.74) is 0. The Bertz CT molecular complexity index is 289. The fourth-order valence-corrected chi connectivity index (χ4v) is 0. The average molecular weight is 397 g/mol. The van der Waals surface area contributed by atoms with Gasteiger partial charge in [-0.05, 0) is 0 Å². The van der Waals surface area contributed by atoms with Crippen LogP contribution in [0.15, 0.2) is 0 Å². The molecule has 0 saturated carbocycles. The quantitative estimate of drug-likeness (QED) is 0.437. The Morgan fingerprint density at radius 2 is 0.478 bits per heavy atom. The van der Waals surface area contributed by atoms with Crippen LogP contribution in [0.25, 0.3) is 0 Å². The van der Waals surface area contributed by atoms with E-state index in [-0.39, 0.29) is 16.5 Å². The Balaban J connectivity index is -0.0000000270. The van der Waals surface area contributed by atoms with Gasteiger partial charge in [0.2, 0.25) is 0 Å². The monoisotopic (exact) mass is 396 g/mol. The second kappa shape index (κ2) is 36.8.